The summed E-state index contributed by atoms with van der Waals surface area (Å²) in [6.45, 7) is 1.90. The first-order valence-corrected chi connectivity index (χ1v) is 7.18. The largest absolute Gasteiger partial charge is 0.395 e. The normalized spacial score (nSPS) is 14.3. The molecule has 2 rings (SSSR count). The molecule has 0 radical (unpaired) electrons. The summed E-state index contributed by atoms with van der Waals surface area (Å²) in [7, 11) is 0. The number of aliphatic hydroxyl groups is 1. The minimum absolute atomic E-state index is 0.0242. The SMILES string of the molecule is CSC(CO)C(C)NC(=O)c1cnn2ccncc12. The van der Waals surface area contributed by atoms with Gasteiger partial charge in [0, 0.05) is 23.7 Å². The van der Waals surface area contributed by atoms with Gasteiger partial charge in [-0.15, -0.1) is 0 Å². The van der Waals surface area contributed by atoms with Crippen LogP contribution in [-0.2, 0) is 0 Å². The molecular formula is C12H16N4O2S. The molecule has 19 heavy (non-hydrogen) atoms. The molecule has 2 heterocycles. The van der Waals surface area contributed by atoms with E-state index in [0.717, 1.165) is 0 Å². The molecule has 2 atom stereocenters. The third-order valence-corrected chi connectivity index (χ3v) is 4.13. The number of nitrogens with one attached hydrogen (secondary N) is 1. The molecule has 102 valence electrons. The van der Waals surface area contributed by atoms with E-state index in [0.29, 0.717) is 11.1 Å². The fraction of sp³-hybridized carbons (Fsp3) is 0.417. The van der Waals surface area contributed by atoms with E-state index in [4.69, 9.17) is 0 Å². The zero-order chi connectivity index (χ0) is 13.8. The first-order valence-electron chi connectivity index (χ1n) is 5.89. The number of aliphatic hydroxyl groups excluding tert-OH is 1. The van der Waals surface area contributed by atoms with Crippen molar-refractivity contribution in [2.45, 2.75) is 18.2 Å². The van der Waals surface area contributed by atoms with Crippen LogP contribution < -0.4 is 5.32 Å². The lowest BCUT2D eigenvalue weighted by atomic mass is 10.2. The number of carbonyl (C=O) groups is 1. The molecule has 0 saturated heterocycles. The van der Waals surface area contributed by atoms with Crippen molar-refractivity contribution in [3.05, 3.63) is 30.4 Å². The van der Waals surface area contributed by atoms with Crippen molar-refractivity contribution in [2.24, 2.45) is 0 Å². The van der Waals surface area contributed by atoms with Crippen LogP contribution in [0.25, 0.3) is 5.52 Å². The molecule has 7 heteroatoms. The van der Waals surface area contributed by atoms with Gasteiger partial charge in [0.05, 0.1) is 30.1 Å². The summed E-state index contributed by atoms with van der Waals surface area (Å²) in [6.07, 6.45) is 8.33. The molecule has 1 amide bonds. The second-order valence-corrected chi connectivity index (χ2v) is 5.26. The van der Waals surface area contributed by atoms with Gasteiger partial charge < -0.3 is 10.4 Å². The second-order valence-electron chi connectivity index (χ2n) is 4.18. The average Bonchev–Trinajstić information content (AvgIpc) is 2.84. The van der Waals surface area contributed by atoms with Gasteiger partial charge in [0.1, 0.15) is 0 Å². The van der Waals surface area contributed by atoms with Crippen molar-refractivity contribution in [2.75, 3.05) is 12.9 Å². The predicted octanol–water partition coefficient (Wildman–Crippen LogP) is 0.571. The van der Waals surface area contributed by atoms with E-state index >= 15 is 0 Å². The molecule has 0 spiro atoms. The molecular weight excluding hydrogens is 264 g/mol. The molecule has 0 bridgehead atoms. The van der Waals surface area contributed by atoms with Crippen LogP contribution in [0.3, 0.4) is 0 Å². The van der Waals surface area contributed by atoms with Crippen molar-refractivity contribution in [3.8, 4) is 0 Å². The highest BCUT2D eigenvalue weighted by Crippen LogP contribution is 2.13. The minimum atomic E-state index is -0.206. The summed E-state index contributed by atoms with van der Waals surface area (Å²) in [5, 5.41) is 16.2. The van der Waals surface area contributed by atoms with Gasteiger partial charge in [0.2, 0.25) is 0 Å². The summed E-state index contributed by atoms with van der Waals surface area (Å²) in [4.78, 5) is 16.2. The van der Waals surface area contributed by atoms with Gasteiger partial charge in [-0.25, -0.2) is 4.52 Å². The molecule has 0 aliphatic carbocycles. The summed E-state index contributed by atoms with van der Waals surface area (Å²) < 4.78 is 1.60. The van der Waals surface area contributed by atoms with E-state index in [2.05, 4.69) is 15.4 Å². The number of nitrogens with zero attached hydrogens (tertiary/aromatic N) is 3. The van der Waals surface area contributed by atoms with E-state index in [1.54, 1.807) is 23.1 Å². The van der Waals surface area contributed by atoms with Gasteiger partial charge >= 0.3 is 0 Å². The van der Waals surface area contributed by atoms with Crippen LogP contribution in [-0.4, -0.2) is 49.8 Å². The van der Waals surface area contributed by atoms with Crippen LogP contribution in [0, 0.1) is 0 Å². The smallest absolute Gasteiger partial charge is 0.255 e. The zero-order valence-corrected chi connectivity index (χ0v) is 11.6. The lowest BCUT2D eigenvalue weighted by Gasteiger charge is -2.20. The molecule has 2 N–H and O–H groups in total. The summed E-state index contributed by atoms with van der Waals surface area (Å²) in [5.41, 5.74) is 1.15. The molecule has 6 nitrogen and oxygen atoms in total. The number of amides is 1. The second kappa shape index (κ2) is 6.03. The van der Waals surface area contributed by atoms with E-state index in [1.807, 2.05) is 13.2 Å². The van der Waals surface area contributed by atoms with Gasteiger partial charge in [-0.3, -0.25) is 9.78 Å². The van der Waals surface area contributed by atoms with E-state index in [1.165, 1.54) is 18.0 Å². The topological polar surface area (TPSA) is 79.5 Å². The monoisotopic (exact) mass is 280 g/mol. The molecule has 2 unspecified atom stereocenters. The lowest BCUT2D eigenvalue weighted by molar-refractivity contribution is 0.0937. The van der Waals surface area contributed by atoms with Crippen LogP contribution in [0.5, 0.6) is 0 Å². The summed E-state index contributed by atoms with van der Waals surface area (Å²) >= 11 is 1.52. The van der Waals surface area contributed by atoms with Crippen LogP contribution in [0.2, 0.25) is 0 Å². The number of carbonyl (C=O) groups excluding carboxylic acids is 1. The zero-order valence-electron chi connectivity index (χ0n) is 10.8. The molecule has 0 aromatic carbocycles. The highest BCUT2D eigenvalue weighted by Gasteiger charge is 2.20. The van der Waals surface area contributed by atoms with Crippen LogP contribution in [0.15, 0.2) is 24.8 Å². The molecule has 0 aliphatic heterocycles. The van der Waals surface area contributed by atoms with Gasteiger partial charge in [-0.05, 0) is 13.2 Å². The van der Waals surface area contributed by atoms with Gasteiger partial charge in [-0.2, -0.15) is 16.9 Å². The molecule has 2 aromatic rings. The first kappa shape index (κ1) is 13.8. The Hall–Kier alpha value is -1.60. The third kappa shape index (κ3) is 2.87. The predicted molar refractivity (Wildman–Crippen MR) is 74.3 cm³/mol. The van der Waals surface area contributed by atoms with Crippen molar-refractivity contribution in [1.82, 2.24) is 19.9 Å². The minimum Gasteiger partial charge on any atom is -0.395 e. The third-order valence-electron chi connectivity index (χ3n) is 2.97. The van der Waals surface area contributed by atoms with Gasteiger partial charge in [0.25, 0.3) is 5.91 Å². The number of rotatable bonds is 5. The van der Waals surface area contributed by atoms with Crippen molar-refractivity contribution in [3.63, 3.8) is 0 Å². The Balaban J connectivity index is 2.16. The number of hydrogen-bond donors (Lipinski definition) is 2. The fourth-order valence-corrected chi connectivity index (χ4v) is 2.45. The Labute approximate surface area is 115 Å². The highest BCUT2D eigenvalue weighted by atomic mass is 32.2. The van der Waals surface area contributed by atoms with Crippen LogP contribution >= 0.6 is 11.8 Å². The summed E-state index contributed by atoms with van der Waals surface area (Å²) in [6, 6.07) is -0.126. The number of thioether (sulfide) groups is 1. The Kier molecular flexibility index (Phi) is 4.39. The molecule has 2 aromatic heterocycles. The van der Waals surface area contributed by atoms with Gasteiger partial charge in [0.15, 0.2) is 0 Å². The highest BCUT2D eigenvalue weighted by molar-refractivity contribution is 7.99. The number of hydrogen-bond acceptors (Lipinski definition) is 5. The maximum Gasteiger partial charge on any atom is 0.255 e. The maximum atomic E-state index is 12.2. The first-order chi connectivity index (χ1) is 9.17. The van der Waals surface area contributed by atoms with Crippen LogP contribution in [0.1, 0.15) is 17.3 Å². The number of aromatic nitrogens is 3. The van der Waals surface area contributed by atoms with E-state index < -0.39 is 0 Å². The van der Waals surface area contributed by atoms with E-state index in [9.17, 15) is 9.90 Å². The quantitative estimate of drug-likeness (QED) is 0.837. The summed E-state index contributed by atoms with van der Waals surface area (Å²) in [5.74, 6) is -0.206. The standard InChI is InChI=1S/C12H16N4O2S/c1-8(11(7-17)19-2)15-12(18)9-5-14-16-4-3-13-6-10(9)16/h3-6,8,11,17H,7H2,1-2H3,(H,15,18). The molecule has 0 aliphatic rings. The Morgan fingerprint density at radius 3 is 3.05 bits per heavy atom. The average molecular weight is 280 g/mol. The lowest BCUT2D eigenvalue weighted by Crippen LogP contribution is -2.41. The maximum absolute atomic E-state index is 12.2. The van der Waals surface area contributed by atoms with Crippen LogP contribution in [0.4, 0.5) is 0 Å². The fourth-order valence-electron chi connectivity index (χ4n) is 1.82. The van der Waals surface area contributed by atoms with Crippen molar-refractivity contribution in [1.29, 1.82) is 0 Å². The van der Waals surface area contributed by atoms with Crippen molar-refractivity contribution < 1.29 is 9.90 Å². The molecule has 0 saturated carbocycles. The number of fused-ring (bicyclic) bond motifs is 1. The van der Waals surface area contributed by atoms with Gasteiger partial charge in [-0.1, -0.05) is 0 Å². The Morgan fingerprint density at radius 1 is 1.58 bits per heavy atom. The van der Waals surface area contributed by atoms with Crippen molar-refractivity contribution >= 4 is 23.2 Å². The van der Waals surface area contributed by atoms with E-state index in [-0.39, 0.29) is 23.8 Å². The Morgan fingerprint density at radius 2 is 2.37 bits per heavy atom. The molecule has 0 fully saturated rings. The Bertz CT molecular complexity index is 568.